The Morgan fingerprint density at radius 1 is 0.962 bits per heavy atom. The highest BCUT2D eigenvalue weighted by Gasteiger charge is 2.54. The van der Waals surface area contributed by atoms with E-state index in [1.165, 1.54) is 17.0 Å². The highest BCUT2D eigenvalue weighted by Crippen LogP contribution is 2.39. The van der Waals surface area contributed by atoms with E-state index in [4.69, 9.17) is 17.2 Å². The standard InChI is InChI=1S/C39H61N7O7/c1-43-32(24-27-17-19-29(20-18-27)46(52)53)37(50)44-31(15-8-9-21-40)38(51)45-22-10-16-33(45)35(48)34(28-13-6-3-7-14-28)39(42,25-47)36(49)30(41)23-26-11-4-2-5-12-26/h17-20,25-26,28,30-34,43H,2-16,21-24,40-42H2,1H3,(H,44,50)/t30-,31+,32+,33+,34?,39-/m1/s1. The Hall–Kier alpha value is -3.59. The fraction of sp³-hybridized carbons (Fsp3) is 0.718. The lowest BCUT2D eigenvalue weighted by atomic mass is 9.65. The predicted molar refractivity (Wildman–Crippen MR) is 201 cm³/mol. The maximum absolute atomic E-state index is 14.8. The van der Waals surface area contributed by atoms with Crippen molar-refractivity contribution in [2.45, 2.75) is 139 Å². The second-order valence-electron chi connectivity index (χ2n) is 15.5. The molecular formula is C39H61N7O7. The Labute approximate surface area is 313 Å². The van der Waals surface area contributed by atoms with Crippen LogP contribution in [0.3, 0.4) is 0 Å². The Bertz CT molecular complexity index is 1410. The number of aldehydes is 1. The number of amides is 2. The van der Waals surface area contributed by atoms with E-state index in [1.54, 1.807) is 19.2 Å². The molecule has 0 aromatic heterocycles. The van der Waals surface area contributed by atoms with Crippen LogP contribution in [0.4, 0.5) is 5.69 Å². The van der Waals surface area contributed by atoms with Crippen molar-refractivity contribution < 1.29 is 28.9 Å². The summed E-state index contributed by atoms with van der Waals surface area (Å²) < 4.78 is 0. The molecule has 1 aliphatic heterocycles. The highest BCUT2D eigenvalue weighted by molar-refractivity contribution is 6.11. The number of unbranched alkanes of at least 4 members (excludes halogenated alkanes) is 1. The van der Waals surface area contributed by atoms with Gasteiger partial charge in [-0.15, -0.1) is 0 Å². The molecule has 1 saturated heterocycles. The lowest BCUT2D eigenvalue weighted by Crippen LogP contribution is -2.66. The SMILES string of the molecule is CN[C@@H](Cc1ccc([N+](=O)[O-])cc1)C(=O)N[C@@H](CCCCN)C(=O)N1CCC[C@H]1C(=O)C(C1CCCCC1)[C@](N)(C=O)C(=O)[C@H](N)CC1CCCCC1. The first-order valence-electron chi connectivity index (χ1n) is 19.7. The van der Waals surface area contributed by atoms with Crippen LogP contribution in [0, 0.1) is 27.9 Å². The summed E-state index contributed by atoms with van der Waals surface area (Å²) in [5.41, 5.74) is 17.6. The Balaban J connectivity index is 1.56. The normalized spacial score (nSPS) is 21.9. The topological polar surface area (TPSA) is 234 Å². The summed E-state index contributed by atoms with van der Waals surface area (Å²) in [6.45, 7) is 0.686. The van der Waals surface area contributed by atoms with Gasteiger partial charge in [0.05, 0.1) is 29.0 Å². The molecule has 0 radical (unpaired) electrons. The van der Waals surface area contributed by atoms with Gasteiger partial charge in [-0.25, -0.2) is 0 Å². The summed E-state index contributed by atoms with van der Waals surface area (Å²) in [7, 11) is 1.62. The molecule has 1 aromatic rings. The lowest BCUT2D eigenvalue weighted by Gasteiger charge is -2.41. The minimum absolute atomic E-state index is 0.0584. The van der Waals surface area contributed by atoms with Crippen molar-refractivity contribution in [1.29, 1.82) is 0 Å². The van der Waals surface area contributed by atoms with Crippen LogP contribution in [0.1, 0.15) is 108 Å². The summed E-state index contributed by atoms with van der Waals surface area (Å²) in [6, 6.07) is 2.35. The number of nitro benzene ring substituents is 1. The van der Waals surface area contributed by atoms with Gasteiger partial charge in [-0.2, -0.15) is 0 Å². The molecule has 1 unspecified atom stereocenters. The Morgan fingerprint density at radius 2 is 1.60 bits per heavy atom. The van der Waals surface area contributed by atoms with Crippen molar-refractivity contribution >= 4 is 35.4 Å². The van der Waals surface area contributed by atoms with Crippen LogP contribution in [-0.4, -0.2) is 89.3 Å². The number of benzene rings is 1. The van der Waals surface area contributed by atoms with E-state index in [0.717, 1.165) is 51.4 Å². The number of Topliss-reactive ketones (excluding diaryl/α,β-unsaturated/α-hetero) is 2. The second kappa shape index (κ2) is 20.2. The van der Waals surface area contributed by atoms with E-state index in [1.807, 2.05) is 0 Å². The average molecular weight is 740 g/mol. The quantitative estimate of drug-likeness (QED) is 0.0429. The molecule has 14 nitrogen and oxygen atoms in total. The molecular weight excluding hydrogens is 678 g/mol. The van der Waals surface area contributed by atoms with Gasteiger partial charge in [0.1, 0.15) is 17.9 Å². The first-order chi connectivity index (χ1) is 25.4. The fourth-order valence-corrected chi connectivity index (χ4v) is 8.89. The summed E-state index contributed by atoms with van der Waals surface area (Å²) in [4.78, 5) is 82.1. The number of likely N-dealkylation sites (tertiary alicyclic amines) is 1. The predicted octanol–water partition coefficient (Wildman–Crippen LogP) is 2.86. The summed E-state index contributed by atoms with van der Waals surface area (Å²) in [5.74, 6) is -2.97. The third kappa shape index (κ3) is 10.8. The van der Waals surface area contributed by atoms with E-state index in [2.05, 4.69) is 10.6 Å². The van der Waals surface area contributed by atoms with Gasteiger partial charge in [0.2, 0.25) is 11.8 Å². The van der Waals surface area contributed by atoms with Crippen molar-refractivity contribution in [2.24, 2.45) is 35.0 Å². The molecule has 8 N–H and O–H groups in total. The van der Waals surface area contributed by atoms with Gasteiger partial charge < -0.3 is 37.5 Å². The molecule has 3 aliphatic rings. The number of hydrogen-bond acceptors (Lipinski definition) is 11. The zero-order valence-electron chi connectivity index (χ0n) is 31.3. The zero-order chi connectivity index (χ0) is 38.5. The first-order valence-corrected chi connectivity index (χ1v) is 19.7. The summed E-state index contributed by atoms with van der Waals surface area (Å²) in [5, 5.41) is 17.0. The molecule has 0 bridgehead atoms. The summed E-state index contributed by atoms with van der Waals surface area (Å²) >= 11 is 0. The number of carbonyl (C=O) groups excluding carboxylic acids is 5. The molecule has 6 atom stereocenters. The number of nitro groups is 1. The van der Waals surface area contributed by atoms with Crippen molar-refractivity contribution in [1.82, 2.24) is 15.5 Å². The molecule has 53 heavy (non-hydrogen) atoms. The molecule has 1 heterocycles. The number of rotatable bonds is 20. The molecule has 4 rings (SSSR count). The maximum Gasteiger partial charge on any atom is 0.269 e. The van der Waals surface area contributed by atoms with Crippen molar-refractivity contribution in [3.63, 3.8) is 0 Å². The number of carbonyl (C=O) groups is 5. The largest absolute Gasteiger partial charge is 0.343 e. The number of nitrogens with one attached hydrogen (secondary N) is 2. The molecule has 294 valence electrons. The van der Waals surface area contributed by atoms with Crippen LogP contribution in [0.2, 0.25) is 0 Å². The molecule has 1 aromatic carbocycles. The van der Waals surface area contributed by atoms with Crippen molar-refractivity contribution in [3.8, 4) is 0 Å². The van der Waals surface area contributed by atoms with Crippen LogP contribution in [0.25, 0.3) is 0 Å². The fourth-order valence-electron chi connectivity index (χ4n) is 8.89. The molecule has 3 fully saturated rings. The van der Waals surface area contributed by atoms with E-state index < -0.39 is 58.1 Å². The molecule has 0 spiro atoms. The van der Waals surface area contributed by atoms with E-state index >= 15 is 0 Å². The highest BCUT2D eigenvalue weighted by atomic mass is 16.6. The molecule has 2 saturated carbocycles. The zero-order valence-corrected chi connectivity index (χ0v) is 31.3. The smallest absolute Gasteiger partial charge is 0.269 e. The van der Waals surface area contributed by atoms with Gasteiger partial charge in [-0.05, 0) is 88.8 Å². The van der Waals surface area contributed by atoms with Crippen molar-refractivity contribution in [3.05, 3.63) is 39.9 Å². The van der Waals surface area contributed by atoms with E-state index in [-0.39, 0.29) is 36.3 Å². The maximum atomic E-state index is 14.8. The number of nitrogens with zero attached hydrogens (tertiary/aromatic N) is 2. The minimum Gasteiger partial charge on any atom is -0.343 e. The van der Waals surface area contributed by atoms with E-state index in [0.29, 0.717) is 69.8 Å². The molecule has 14 heteroatoms. The van der Waals surface area contributed by atoms with Crippen LogP contribution in [-0.2, 0) is 30.4 Å². The van der Waals surface area contributed by atoms with Gasteiger partial charge in [-0.1, -0.05) is 63.5 Å². The minimum atomic E-state index is -2.11. The van der Waals surface area contributed by atoms with Crippen LogP contribution >= 0.6 is 0 Å². The Kier molecular flexibility index (Phi) is 16.1. The van der Waals surface area contributed by atoms with E-state index in [9.17, 15) is 34.1 Å². The monoisotopic (exact) mass is 739 g/mol. The first kappa shape index (κ1) is 42.2. The lowest BCUT2D eigenvalue weighted by molar-refractivity contribution is -0.384. The van der Waals surface area contributed by atoms with Crippen LogP contribution in [0.5, 0.6) is 0 Å². The third-order valence-corrected chi connectivity index (χ3v) is 11.9. The van der Waals surface area contributed by atoms with Gasteiger partial charge in [0.25, 0.3) is 5.69 Å². The van der Waals surface area contributed by atoms with Crippen LogP contribution < -0.4 is 27.8 Å². The van der Waals surface area contributed by atoms with Gasteiger partial charge in [0, 0.05) is 18.7 Å². The number of non-ortho nitro benzene ring substituents is 1. The number of nitrogens with two attached hydrogens (primary N) is 3. The molecule has 2 aliphatic carbocycles. The van der Waals surface area contributed by atoms with Gasteiger partial charge >= 0.3 is 0 Å². The second-order valence-corrected chi connectivity index (χ2v) is 15.5. The molecule has 2 amide bonds. The van der Waals surface area contributed by atoms with Gasteiger partial charge in [0.15, 0.2) is 11.6 Å². The number of likely N-dealkylation sites (N-methyl/N-ethyl adjacent to an activating group) is 1. The number of ketones is 2. The van der Waals surface area contributed by atoms with Crippen molar-refractivity contribution in [2.75, 3.05) is 20.1 Å². The Morgan fingerprint density at radius 3 is 2.19 bits per heavy atom. The van der Waals surface area contributed by atoms with Gasteiger partial charge in [-0.3, -0.25) is 29.3 Å². The average Bonchev–Trinajstić information content (AvgIpc) is 3.67. The van der Waals surface area contributed by atoms with Crippen LogP contribution in [0.15, 0.2) is 24.3 Å². The third-order valence-electron chi connectivity index (χ3n) is 11.9. The number of hydrogen-bond donors (Lipinski definition) is 5. The summed E-state index contributed by atoms with van der Waals surface area (Å²) in [6.07, 6.45) is 12.7.